The van der Waals surface area contributed by atoms with Crippen molar-refractivity contribution in [3.63, 3.8) is 0 Å². The maximum absolute atomic E-state index is 12.5. The Morgan fingerprint density at radius 1 is 1.09 bits per heavy atom. The van der Waals surface area contributed by atoms with Crippen molar-refractivity contribution in [2.45, 2.75) is 0 Å². The van der Waals surface area contributed by atoms with Gasteiger partial charge in [-0.05, 0) is 30.3 Å². The van der Waals surface area contributed by atoms with Crippen molar-refractivity contribution in [1.82, 2.24) is 24.8 Å². The lowest BCUT2D eigenvalue weighted by Crippen LogP contribution is -2.26. The Morgan fingerprint density at radius 3 is 2.44 bits per heavy atom. The van der Waals surface area contributed by atoms with Gasteiger partial charge in [0.2, 0.25) is 11.7 Å². The molecule has 12 nitrogen and oxygen atoms in total. The first-order valence-electron chi connectivity index (χ1n) is 9.38. The minimum Gasteiger partial charge on any atom is -0.490 e. The SMILES string of the molecule is COc1ccc(-n2nc(C(=O)N(C)OC)nc2-c2ccc(OCCOC(N)=O)cc2)cn1. The van der Waals surface area contributed by atoms with E-state index in [2.05, 4.69) is 19.8 Å². The Labute approximate surface area is 183 Å². The number of carbonyl (C=O) groups is 2. The van der Waals surface area contributed by atoms with Gasteiger partial charge in [-0.25, -0.2) is 24.5 Å². The number of ether oxygens (including phenoxy) is 3. The summed E-state index contributed by atoms with van der Waals surface area (Å²) < 4.78 is 16.7. The lowest BCUT2D eigenvalue weighted by atomic mass is 10.2. The first kappa shape index (κ1) is 22.5. The molecule has 32 heavy (non-hydrogen) atoms. The number of methoxy groups -OCH3 is 1. The molecule has 2 heterocycles. The molecule has 2 aromatic heterocycles. The number of nitrogens with two attached hydrogens (primary N) is 1. The number of hydroxylamine groups is 2. The molecule has 2 amide bonds. The molecule has 0 saturated heterocycles. The predicted molar refractivity (Wildman–Crippen MR) is 111 cm³/mol. The highest BCUT2D eigenvalue weighted by Gasteiger charge is 2.22. The molecule has 168 valence electrons. The fourth-order valence-corrected chi connectivity index (χ4v) is 2.61. The van der Waals surface area contributed by atoms with Crippen LogP contribution in [0.5, 0.6) is 11.6 Å². The maximum Gasteiger partial charge on any atom is 0.404 e. The molecule has 3 aromatic rings. The number of amides is 2. The van der Waals surface area contributed by atoms with Crippen LogP contribution in [0.2, 0.25) is 0 Å². The highest BCUT2D eigenvalue weighted by atomic mass is 16.7. The highest BCUT2D eigenvalue weighted by Crippen LogP contribution is 2.24. The van der Waals surface area contributed by atoms with Crippen LogP contribution in [0, 0.1) is 0 Å². The molecule has 0 saturated carbocycles. The van der Waals surface area contributed by atoms with Gasteiger partial charge in [0.1, 0.15) is 19.0 Å². The number of rotatable bonds is 9. The number of primary amides is 1. The Hall–Kier alpha value is -4.19. The molecule has 0 aliphatic heterocycles. The van der Waals surface area contributed by atoms with E-state index in [1.54, 1.807) is 42.6 Å². The van der Waals surface area contributed by atoms with Gasteiger partial charge in [-0.15, -0.1) is 5.10 Å². The molecule has 0 radical (unpaired) electrons. The Balaban J connectivity index is 1.90. The van der Waals surface area contributed by atoms with E-state index in [0.29, 0.717) is 28.7 Å². The third-order valence-corrected chi connectivity index (χ3v) is 4.24. The summed E-state index contributed by atoms with van der Waals surface area (Å²) in [6.45, 7) is 0.187. The van der Waals surface area contributed by atoms with Crippen LogP contribution in [0.3, 0.4) is 0 Å². The van der Waals surface area contributed by atoms with E-state index < -0.39 is 12.0 Å². The van der Waals surface area contributed by atoms with Crippen LogP contribution in [0.1, 0.15) is 10.6 Å². The Bertz CT molecular complexity index is 1070. The molecule has 0 bridgehead atoms. The Morgan fingerprint density at radius 2 is 1.84 bits per heavy atom. The van der Waals surface area contributed by atoms with Crippen LogP contribution in [0.25, 0.3) is 17.1 Å². The van der Waals surface area contributed by atoms with E-state index >= 15 is 0 Å². The standard InChI is InChI=1S/C20H22N6O6/c1-25(30-3)19(27)17-23-18(26(24-17)14-6-9-16(29-2)22-12-14)13-4-7-15(8-5-13)31-10-11-32-20(21)28/h4-9,12H,10-11H2,1-3H3,(H2,21,28). The van der Waals surface area contributed by atoms with Crippen LogP contribution in [-0.2, 0) is 9.57 Å². The average Bonchev–Trinajstić information content (AvgIpc) is 3.26. The molecule has 12 heteroatoms. The van der Waals surface area contributed by atoms with E-state index in [-0.39, 0.29) is 19.0 Å². The fraction of sp³-hybridized carbons (Fsp3) is 0.250. The predicted octanol–water partition coefficient (Wildman–Crippen LogP) is 1.45. The number of pyridine rings is 1. The van der Waals surface area contributed by atoms with Crippen molar-refractivity contribution in [3.05, 3.63) is 48.4 Å². The van der Waals surface area contributed by atoms with Crippen molar-refractivity contribution in [1.29, 1.82) is 0 Å². The molecule has 0 atom stereocenters. The first-order chi connectivity index (χ1) is 15.4. The van der Waals surface area contributed by atoms with Crippen molar-refractivity contribution in [3.8, 4) is 28.7 Å². The first-order valence-corrected chi connectivity index (χ1v) is 9.38. The van der Waals surface area contributed by atoms with Gasteiger partial charge >= 0.3 is 12.0 Å². The summed E-state index contributed by atoms with van der Waals surface area (Å²) in [7, 11) is 4.35. The number of nitrogens with zero attached hydrogens (tertiary/aromatic N) is 5. The van der Waals surface area contributed by atoms with Gasteiger partial charge in [-0.3, -0.25) is 9.63 Å². The lowest BCUT2D eigenvalue weighted by molar-refractivity contribution is -0.0764. The molecular weight excluding hydrogens is 420 g/mol. The van der Waals surface area contributed by atoms with Gasteiger partial charge in [0.05, 0.1) is 26.1 Å². The summed E-state index contributed by atoms with van der Waals surface area (Å²) in [5.41, 5.74) is 6.16. The van der Waals surface area contributed by atoms with Gasteiger partial charge < -0.3 is 19.9 Å². The van der Waals surface area contributed by atoms with E-state index in [9.17, 15) is 9.59 Å². The van der Waals surface area contributed by atoms with Crippen LogP contribution in [0.15, 0.2) is 42.6 Å². The van der Waals surface area contributed by atoms with Crippen molar-refractivity contribution < 1.29 is 28.6 Å². The number of hydrogen-bond donors (Lipinski definition) is 1. The van der Waals surface area contributed by atoms with Gasteiger partial charge in [-0.2, -0.15) is 0 Å². The minimum atomic E-state index is -0.860. The molecule has 3 rings (SSSR count). The summed E-state index contributed by atoms with van der Waals surface area (Å²) in [4.78, 5) is 36.6. The van der Waals surface area contributed by atoms with Crippen LogP contribution >= 0.6 is 0 Å². The van der Waals surface area contributed by atoms with Crippen molar-refractivity contribution >= 4 is 12.0 Å². The monoisotopic (exact) mass is 442 g/mol. The number of hydrogen-bond acceptors (Lipinski definition) is 9. The second-order valence-electron chi connectivity index (χ2n) is 6.26. The van der Waals surface area contributed by atoms with Crippen LogP contribution in [-0.4, -0.2) is 71.3 Å². The van der Waals surface area contributed by atoms with Gasteiger partial charge in [0.25, 0.3) is 0 Å². The molecule has 2 N–H and O–H groups in total. The second kappa shape index (κ2) is 10.2. The van der Waals surface area contributed by atoms with Gasteiger partial charge in [-0.1, -0.05) is 0 Å². The normalized spacial score (nSPS) is 10.5. The third kappa shape index (κ3) is 5.29. The molecule has 0 aliphatic carbocycles. The number of benzene rings is 1. The maximum atomic E-state index is 12.5. The summed E-state index contributed by atoms with van der Waals surface area (Å²) in [5.74, 6) is 0.836. The summed E-state index contributed by atoms with van der Waals surface area (Å²) in [6, 6.07) is 10.4. The molecular formula is C20H22N6O6. The van der Waals surface area contributed by atoms with Crippen molar-refractivity contribution in [2.75, 3.05) is 34.5 Å². The van der Waals surface area contributed by atoms with E-state index in [0.717, 1.165) is 5.06 Å². The number of aromatic nitrogens is 4. The molecule has 0 unspecified atom stereocenters. The smallest absolute Gasteiger partial charge is 0.404 e. The van der Waals surface area contributed by atoms with E-state index in [1.807, 2.05) is 0 Å². The summed E-state index contributed by atoms with van der Waals surface area (Å²) in [6.07, 6.45) is 0.697. The highest BCUT2D eigenvalue weighted by molar-refractivity contribution is 5.90. The molecule has 0 aliphatic rings. The second-order valence-corrected chi connectivity index (χ2v) is 6.26. The fourth-order valence-electron chi connectivity index (χ4n) is 2.61. The zero-order valence-electron chi connectivity index (χ0n) is 17.7. The van der Waals surface area contributed by atoms with Crippen molar-refractivity contribution in [2.24, 2.45) is 5.73 Å². The molecule has 0 spiro atoms. The lowest BCUT2D eigenvalue weighted by Gasteiger charge is -2.10. The number of carbonyl (C=O) groups excluding carboxylic acids is 2. The largest absolute Gasteiger partial charge is 0.490 e. The van der Waals surface area contributed by atoms with E-state index in [1.165, 1.54) is 25.9 Å². The zero-order chi connectivity index (χ0) is 23.1. The topological polar surface area (TPSA) is 144 Å². The zero-order valence-corrected chi connectivity index (χ0v) is 17.7. The Kier molecular flexibility index (Phi) is 7.18. The molecule has 1 aromatic carbocycles. The average molecular weight is 442 g/mol. The summed E-state index contributed by atoms with van der Waals surface area (Å²) >= 11 is 0. The third-order valence-electron chi connectivity index (χ3n) is 4.24. The van der Waals surface area contributed by atoms with Gasteiger partial charge in [0.15, 0.2) is 5.82 Å². The van der Waals surface area contributed by atoms with Crippen LogP contribution < -0.4 is 15.2 Å². The minimum absolute atomic E-state index is 0.0361. The van der Waals surface area contributed by atoms with Crippen LogP contribution in [0.4, 0.5) is 4.79 Å². The summed E-state index contributed by atoms with van der Waals surface area (Å²) in [5, 5.41) is 5.37. The van der Waals surface area contributed by atoms with Gasteiger partial charge in [0, 0.05) is 18.7 Å². The van der Waals surface area contributed by atoms with E-state index in [4.69, 9.17) is 20.0 Å². The molecule has 0 fully saturated rings. The quantitative estimate of drug-likeness (QED) is 0.384.